The molecule has 1 aromatic carbocycles. The molecule has 5 heteroatoms. The highest BCUT2D eigenvalue weighted by molar-refractivity contribution is 6.56. The van der Waals surface area contributed by atoms with Gasteiger partial charge in [0.2, 0.25) is 5.78 Å². The molecule has 0 aromatic heterocycles. The Kier molecular flexibility index (Phi) is 3.08. The van der Waals surface area contributed by atoms with E-state index in [1.807, 2.05) is 0 Å². The molecule has 0 fully saturated rings. The van der Waals surface area contributed by atoms with E-state index in [1.165, 1.54) is 0 Å². The molecule has 0 saturated heterocycles. The standard InChI is InChI=1S/C12H8Cl2O3/c13-9-10(14)12(17,11(9)16)6-8(15)7-4-2-1-3-5-7/h1-5,17H,6H2. The Hall–Kier alpha value is -1.16. The fourth-order valence-electron chi connectivity index (χ4n) is 1.62. The first-order valence-electron chi connectivity index (χ1n) is 4.88. The van der Waals surface area contributed by atoms with Crippen LogP contribution in [0.2, 0.25) is 0 Å². The number of benzene rings is 1. The minimum absolute atomic E-state index is 0.159. The monoisotopic (exact) mass is 270 g/mol. The van der Waals surface area contributed by atoms with E-state index in [0.29, 0.717) is 5.56 Å². The molecule has 3 nitrogen and oxygen atoms in total. The van der Waals surface area contributed by atoms with E-state index in [0.717, 1.165) is 0 Å². The van der Waals surface area contributed by atoms with Crippen LogP contribution in [0.5, 0.6) is 0 Å². The van der Waals surface area contributed by atoms with Crippen molar-refractivity contribution in [3.8, 4) is 0 Å². The fourth-order valence-corrected chi connectivity index (χ4v) is 2.17. The zero-order chi connectivity index (χ0) is 12.6. The van der Waals surface area contributed by atoms with E-state index in [2.05, 4.69) is 0 Å². The molecule has 1 aromatic rings. The van der Waals surface area contributed by atoms with Gasteiger partial charge in [0.25, 0.3) is 0 Å². The quantitative estimate of drug-likeness (QED) is 0.858. The molecule has 88 valence electrons. The Labute approximate surface area is 108 Å². The van der Waals surface area contributed by atoms with Gasteiger partial charge in [-0.05, 0) is 0 Å². The lowest BCUT2D eigenvalue weighted by Crippen LogP contribution is -2.49. The van der Waals surface area contributed by atoms with Crippen molar-refractivity contribution in [2.45, 2.75) is 12.0 Å². The summed E-state index contributed by atoms with van der Waals surface area (Å²) < 4.78 is 0. The first kappa shape index (κ1) is 12.3. The van der Waals surface area contributed by atoms with Crippen LogP contribution in [0, 0.1) is 0 Å². The van der Waals surface area contributed by atoms with Crippen LogP contribution in [0.3, 0.4) is 0 Å². The van der Waals surface area contributed by atoms with E-state index >= 15 is 0 Å². The topological polar surface area (TPSA) is 54.4 Å². The van der Waals surface area contributed by atoms with E-state index in [4.69, 9.17) is 23.2 Å². The zero-order valence-corrected chi connectivity index (χ0v) is 10.1. The number of hydrogen-bond donors (Lipinski definition) is 1. The molecule has 1 atom stereocenters. The lowest BCUT2D eigenvalue weighted by Gasteiger charge is -2.33. The molecule has 0 radical (unpaired) electrons. The first-order valence-corrected chi connectivity index (χ1v) is 5.63. The number of carbonyl (C=O) groups is 2. The maximum Gasteiger partial charge on any atom is 0.212 e. The van der Waals surface area contributed by atoms with Crippen LogP contribution < -0.4 is 0 Å². The summed E-state index contributed by atoms with van der Waals surface area (Å²) in [4.78, 5) is 23.2. The summed E-state index contributed by atoms with van der Waals surface area (Å²) in [6.07, 6.45) is -0.384. The van der Waals surface area contributed by atoms with Crippen LogP contribution >= 0.6 is 23.2 Å². The molecular formula is C12H8Cl2O3. The van der Waals surface area contributed by atoms with Gasteiger partial charge in [0.15, 0.2) is 11.4 Å². The molecule has 0 aliphatic heterocycles. The van der Waals surface area contributed by atoms with Crippen molar-refractivity contribution in [3.63, 3.8) is 0 Å². The maximum absolute atomic E-state index is 11.8. The molecular weight excluding hydrogens is 263 g/mol. The summed E-state index contributed by atoms with van der Waals surface area (Å²) in [7, 11) is 0. The lowest BCUT2D eigenvalue weighted by atomic mass is 9.81. The number of hydrogen-bond acceptors (Lipinski definition) is 3. The number of aliphatic hydroxyl groups is 1. The van der Waals surface area contributed by atoms with Gasteiger partial charge in [-0.3, -0.25) is 9.59 Å². The Balaban J connectivity index is 2.20. The van der Waals surface area contributed by atoms with Crippen molar-refractivity contribution < 1.29 is 14.7 Å². The largest absolute Gasteiger partial charge is 0.375 e. The van der Waals surface area contributed by atoms with Gasteiger partial charge in [-0.25, -0.2) is 0 Å². The summed E-state index contributed by atoms with van der Waals surface area (Å²) in [6, 6.07) is 8.38. The van der Waals surface area contributed by atoms with E-state index < -0.39 is 11.4 Å². The molecule has 0 heterocycles. The minimum atomic E-state index is -1.94. The predicted molar refractivity (Wildman–Crippen MR) is 64.1 cm³/mol. The van der Waals surface area contributed by atoms with E-state index in [-0.39, 0.29) is 22.3 Å². The van der Waals surface area contributed by atoms with Crippen molar-refractivity contribution in [3.05, 3.63) is 46.0 Å². The second-order valence-corrected chi connectivity index (χ2v) is 4.54. The molecule has 1 unspecified atom stereocenters. The number of rotatable bonds is 3. The molecule has 2 rings (SSSR count). The van der Waals surface area contributed by atoms with Crippen molar-refractivity contribution in [2.24, 2.45) is 0 Å². The summed E-state index contributed by atoms with van der Waals surface area (Å²) in [5.41, 5.74) is -1.52. The highest BCUT2D eigenvalue weighted by atomic mass is 35.5. The van der Waals surface area contributed by atoms with Crippen LogP contribution in [-0.2, 0) is 4.79 Å². The molecule has 0 spiro atoms. The third-order valence-electron chi connectivity index (χ3n) is 2.64. The Morgan fingerprint density at radius 1 is 1.24 bits per heavy atom. The summed E-state index contributed by atoms with van der Waals surface area (Å²) in [5, 5.41) is 9.55. The van der Waals surface area contributed by atoms with Gasteiger partial charge in [0.1, 0.15) is 5.03 Å². The van der Waals surface area contributed by atoms with Crippen LogP contribution in [0.1, 0.15) is 16.8 Å². The number of Topliss-reactive ketones (excluding diaryl/α,β-unsaturated/α-hetero) is 2. The van der Waals surface area contributed by atoms with Gasteiger partial charge in [-0.1, -0.05) is 53.5 Å². The molecule has 0 bridgehead atoms. The second-order valence-electron chi connectivity index (χ2n) is 3.78. The normalized spacial score (nSPS) is 23.6. The summed E-state index contributed by atoms with van der Waals surface area (Å²) in [5.74, 6) is -1.06. The maximum atomic E-state index is 11.8. The molecule has 17 heavy (non-hydrogen) atoms. The lowest BCUT2D eigenvalue weighted by molar-refractivity contribution is -0.131. The number of halogens is 2. The van der Waals surface area contributed by atoms with Gasteiger partial charge in [-0.15, -0.1) is 0 Å². The average molecular weight is 271 g/mol. The highest BCUT2D eigenvalue weighted by Crippen LogP contribution is 2.42. The second kappa shape index (κ2) is 4.26. The molecule has 1 aliphatic carbocycles. The van der Waals surface area contributed by atoms with E-state index in [1.54, 1.807) is 30.3 Å². The van der Waals surface area contributed by atoms with Gasteiger partial charge in [0.05, 0.1) is 11.5 Å². The van der Waals surface area contributed by atoms with Crippen molar-refractivity contribution in [2.75, 3.05) is 0 Å². The van der Waals surface area contributed by atoms with Gasteiger partial charge in [0, 0.05) is 5.56 Å². The first-order chi connectivity index (χ1) is 7.97. The average Bonchev–Trinajstić information content (AvgIpc) is 2.37. The summed E-state index contributed by atoms with van der Waals surface area (Å²) >= 11 is 11.1. The van der Waals surface area contributed by atoms with Crippen molar-refractivity contribution in [1.29, 1.82) is 0 Å². The zero-order valence-electron chi connectivity index (χ0n) is 8.61. The van der Waals surface area contributed by atoms with Crippen LogP contribution in [-0.4, -0.2) is 22.3 Å². The van der Waals surface area contributed by atoms with Gasteiger partial charge >= 0.3 is 0 Å². The molecule has 1 N–H and O–H groups in total. The fraction of sp³-hybridized carbons (Fsp3) is 0.167. The van der Waals surface area contributed by atoms with Crippen molar-refractivity contribution >= 4 is 34.8 Å². The number of carbonyl (C=O) groups excluding carboxylic acids is 2. The number of ketones is 2. The Bertz CT molecular complexity index is 522. The van der Waals surface area contributed by atoms with Gasteiger partial charge < -0.3 is 5.11 Å². The third-order valence-corrected chi connectivity index (χ3v) is 3.60. The Morgan fingerprint density at radius 3 is 2.35 bits per heavy atom. The molecule has 0 saturated carbocycles. The van der Waals surface area contributed by atoms with Crippen LogP contribution in [0.4, 0.5) is 0 Å². The predicted octanol–water partition coefficient (Wildman–Crippen LogP) is 2.26. The van der Waals surface area contributed by atoms with Crippen LogP contribution in [0.15, 0.2) is 40.4 Å². The molecule has 0 amide bonds. The Morgan fingerprint density at radius 2 is 1.82 bits per heavy atom. The summed E-state index contributed by atoms with van der Waals surface area (Å²) in [6.45, 7) is 0. The van der Waals surface area contributed by atoms with E-state index in [9.17, 15) is 14.7 Å². The van der Waals surface area contributed by atoms with Crippen molar-refractivity contribution in [1.82, 2.24) is 0 Å². The van der Waals surface area contributed by atoms with Gasteiger partial charge in [-0.2, -0.15) is 0 Å². The third kappa shape index (κ3) is 1.90. The highest BCUT2D eigenvalue weighted by Gasteiger charge is 2.52. The van der Waals surface area contributed by atoms with Crippen LogP contribution in [0.25, 0.3) is 0 Å². The SMILES string of the molecule is O=C(CC1(O)C(=O)C(Cl)=C1Cl)c1ccccc1. The minimum Gasteiger partial charge on any atom is -0.375 e. The smallest absolute Gasteiger partial charge is 0.212 e. The molecule has 1 aliphatic rings.